The van der Waals surface area contributed by atoms with Crippen LogP contribution in [0.3, 0.4) is 0 Å². The minimum absolute atomic E-state index is 0.229. The first-order valence-electron chi connectivity index (χ1n) is 10.6. The van der Waals surface area contributed by atoms with Crippen LogP contribution in [0.25, 0.3) is 0 Å². The predicted octanol–water partition coefficient (Wildman–Crippen LogP) is 5.12. The summed E-state index contributed by atoms with van der Waals surface area (Å²) < 4.78 is 0. The van der Waals surface area contributed by atoms with Crippen LogP contribution in [0, 0.1) is 0 Å². The number of hydrogen-bond acceptors (Lipinski definition) is 3. The van der Waals surface area contributed by atoms with E-state index in [0.717, 1.165) is 25.1 Å². The van der Waals surface area contributed by atoms with Gasteiger partial charge in [0.25, 0.3) is 0 Å². The lowest BCUT2D eigenvalue weighted by Crippen LogP contribution is -2.44. The lowest BCUT2D eigenvalue weighted by atomic mass is 10.0. The van der Waals surface area contributed by atoms with Gasteiger partial charge in [-0.3, -0.25) is 10.2 Å². The number of anilines is 2. The third kappa shape index (κ3) is 8.82. The lowest BCUT2D eigenvalue weighted by molar-refractivity contribution is -0.121. The van der Waals surface area contributed by atoms with Crippen molar-refractivity contribution in [3.63, 3.8) is 0 Å². The molecule has 0 unspecified atom stereocenters. The number of para-hydroxylation sites is 2. The molecule has 0 aromatic heterocycles. The minimum Gasteiger partial charge on any atom is -0.367 e. The van der Waals surface area contributed by atoms with Crippen molar-refractivity contribution in [1.82, 2.24) is 10.9 Å². The zero-order chi connectivity index (χ0) is 22.2. The van der Waals surface area contributed by atoms with Crippen LogP contribution in [0.5, 0.6) is 0 Å². The van der Waals surface area contributed by atoms with Crippen molar-refractivity contribution >= 4 is 23.3 Å². The summed E-state index contributed by atoms with van der Waals surface area (Å²) in [6, 6.07) is 18.8. The van der Waals surface area contributed by atoms with Gasteiger partial charge in [0.05, 0.1) is 0 Å². The standard InChI is InChI=1S/C20H22N4O2.2C2H6/c25-19(22-23-20(26)21-17-7-3-1-4-8-17)15-16-11-13-24(14-12-16)18-9-5-2-6-10-18;2*1-2/h1-11H,12-15H2,(H,22,25)(H2,21,23,26);2*1-2H3. The monoisotopic (exact) mass is 410 g/mol. The normalized spacial score (nSPS) is 12.1. The first kappa shape index (κ1) is 24.8. The fourth-order valence-electron chi connectivity index (χ4n) is 2.81. The predicted molar refractivity (Wildman–Crippen MR) is 125 cm³/mol. The highest BCUT2D eigenvalue weighted by Gasteiger charge is 2.14. The molecule has 0 aliphatic carbocycles. The molecule has 0 spiro atoms. The van der Waals surface area contributed by atoms with Crippen LogP contribution in [0.15, 0.2) is 72.3 Å². The van der Waals surface area contributed by atoms with Crippen LogP contribution in [0.1, 0.15) is 40.5 Å². The maximum absolute atomic E-state index is 12.0. The number of urea groups is 1. The van der Waals surface area contributed by atoms with Crippen LogP contribution in [0.2, 0.25) is 0 Å². The Balaban J connectivity index is 0.00000106. The highest BCUT2D eigenvalue weighted by Crippen LogP contribution is 2.20. The third-order valence-electron chi connectivity index (χ3n) is 4.16. The van der Waals surface area contributed by atoms with Gasteiger partial charge in [0, 0.05) is 30.9 Å². The summed E-state index contributed by atoms with van der Waals surface area (Å²) in [7, 11) is 0. The summed E-state index contributed by atoms with van der Waals surface area (Å²) in [6.07, 6.45) is 3.20. The zero-order valence-electron chi connectivity index (χ0n) is 18.4. The molecule has 0 fully saturated rings. The number of nitrogens with one attached hydrogen (secondary N) is 3. The molecule has 1 heterocycles. The largest absolute Gasteiger partial charge is 0.367 e. The Morgan fingerprint density at radius 1 is 0.867 bits per heavy atom. The summed E-state index contributed by atoms with van der Waals surface area (Å²) in [6.45, 7) is 9.67. The van der Waals surface area contributed by atoms with Gasteiger partial charge in [-0.1, -0.05) is 75.7 Å². The van der Waals surface area contributed by atoms with Gasteiger partial charge in [-0.2, -0.15) is 0 Å². The van der Waals surface area contributed by atoms with Crippen LogP contribution in [0.4, 0.5) is 16.2 Å². The van der Waals surface area contributed by atoms with E-state index in [1.165, 1.54) is 5.69 Å². The molecule has 162 valence electrons. The summed E-state index contributed by atoms with van der Waals surface area (Å²) in [5.41, 5.74) is 7.74. The number of hydrazine groups is 1. The summed E-state index contributed by atoms with van der Waals surface area (Å²) >= 11 is 0. The van der Waals surface area contributed by atoms with E-state index >= 15 is 0 Å². The molecule has 3 rings (SSSR count). The van der Waals surface area contributed by atoms with E-state index < -0.39 is 6.03 Å². The zero-order valence-corrected chi connectivity index (χ0v) is 18.4. The van der Waals surface area contributed by atoms with E-state index in [1.807, 2.05) is 64.1 Å². The third-order valence-corrected chi connectivity index (χ3v) is 4.16. The quantitative estimate of drug-likeness (QED) is 0.484. The first-order chi connectivity index (χ1) is 14.7. The second kappa shape index (κ2) is 14.7. The van der Waals surface area contributed by atoms with Crippen LogP contribution < -0.4 is 21.1 Å². The van der Waals surface area contributed by atoms with Crippen molar-refractivity contribution < 1.29 is 9.59 Å². The molecule has 0 saturated carbocycles. The Kier molecular flexibility index (Phi) is 12.1. The summed E-state index contributed by atoms with van der Waals surface area (Å²) in [5, 5.41) is 2.64. The van der Waals surface area contributed by atoms with Crippen molar-refractivity contribution in [1.29, 1.82) is 0 Å². The smallest absolute Gasteiger partial charge is 0.337 e. The van der Waals surface area contributed by atoms with E-state index in [4.69, 9.17) is 0 Å². The molecular formula is C24H34N4O2. The van der Waals surface area contributed by atoms with Gasteiger partial charge in [-0.15, -0.1) is 0 Å². The fourth-order valence-corrected chi connectivity index (χ4v) is 2.81. The molecule has 0 bridgehead atoms. The van der Waals surface area contributed by atoms with E-state index in [1.54, 1.807) is 12.1 Å². The van der Waals surface area contributed by atoms with E-state index in [0.29, 0.717) is 5.69 Å². The molecule has 1 aliphatic heterocycles. The lowest BCUT2D eigenvalue weighted by Gasteiger charge is -2.28. The average Bonchev–Trinajstić information content (AvgIpc) is 2.82. The van der Waals surface area contributed by atoms with Gasteiger partial charge in [0.1, 0.15) is 0 Å². The second-order valence-electron chi connectivity index (χ2n) is 6.06. The molecule has 3 amide bonds. The highest BCUT2D eigenvalue weighted by molar-refractivity contribution is 5.91. The number of benzene rings is 2. The fraction of sp³-hybridized carbons (Fsp3) is 0.333. The average molecular weight is 411 g/mol. The molecular weight excluding hydrogens is 376 g/mol. The number of rotatable bonds is 4. The van der Waals surface area contributed by atoms with Crippen LogP contribution in [-0.4, -0.2) is 25.0 Å². The van der Waals surface area contributed by atoms with E-state index in [2.05, 4.69) is 39.3 Å². The van der Waals surface area contributed by atoms with Crippen molar-refractivity contribution in [2.75, 3.05) is 23.3 Å². The number of carbonyl (C=O) groups is 2. The molecule has 30 heavy (non-hydrogen) atoms. The first-order valence-corrected chi connectivity index (χ1v) is 10.6. The van der Waals surface area contributed by atoms with Gasteiger partial charge < -0.3 is 10.2 Å². The Hall–Kier alpha value is -3.28. The molecule has 6 nitrogen and oxygen atoms in total. The van der Waals surface area contributed by atoms with Gasteiger partial charge in [0.15, 0.2) is 0 Å². The Bertz CT molecular complexity index is 776. The molecule has 0 saturated heterocycles. The summed E-state index contributed by atoms with van der Waals surface area (Å²) in [5.74, 6) is -0.229. The van der Waals surface area contributed by atoms with Crippen LogP contribution in [-0.2, 0) is 4.79 Å². The topological polar surface area (TPSA) is 73.5 Å². The molecule has 1 aliphatic rings. The van der Waals surface area contributed by atoms with Crippen molar-refractivity contribution in [3.05, 3.63) is 72.3 Å². The van der Waals surface area contributed by atoms with Crippen molar-refractivity contribution in [2.24, 2.45) is 0 Å². The maximum atomic E-state index is 12.0. The molecule has 6 heteroatoms. The van der Waals surface area contributed by atoms with Crippen LogP contribution >= 0.6 is 0 Å². The van der Waals surface area contributed by atoms with Gasteiger partial charge in [0.2, 0.25) is 5.91 Å². The number of hydrogen-bond donors (Lipinski definition) is 3. The summed E-state index contributed by atoms with van der Waals surface area (Å²) in [4.78, 5) is 26.0. The number of carbonyl (C=O) groups excluding carboxylic acids is 2. The van der Waals surface area contributed by atoms with Gasteiger partial charge >= 0.3 is 6.03 Å². The van der Waals surface area contributed by atoms with E-state index in [9.17, 15) is 9.59 Å². The maximum Gasteiger partial charge on any atom is 0.337 e. The number of nitrogens with zero attached hydrogens (tertiary/aromatic N) is 1. The number of amides is 3. The van der Waals surface area contributed by atoms with Crippen molar-refractivity contribution in [3.8, 4) is 0 Å². The van der Waals surface area contributed by atoms with Gasteiger partial charge in [-0.05, 0) is 30.7 Å². The minimum atomic E-state index is -0.475. The Morgan fingerprint density at radius 3 is 2.03 bits per heavy atom. The highest BCUT2D eigenvalue weighted by atomic mass is 16.2. The SMILES string of the molecule is CC.CC.O=C(CC1=CCN(c2ccccc2)CC1)NNC(=O)Nc1ccccc1. The van der Waals surface area contributed by atoms with Gasteiger partial charge in [-0.25, -0.2) is 10.2 Å². The molecule has 2 aromatic rings. The Labute approximate surface area is 180 Å². The van der Waals surface area contributed by atoms with Crippen molar-refractivity contribution in [2.45, 2.75) is 40.5 Å². The second-order valence-corrected chi connectivity index (χ2v) is 6.06. The molecule has 2 aromatic carbocycles. The molecule has 3 N–H and O–H groups in total. The molecule has 0 atom stereocenters. The molecule has 0 radical (unpaired) electrons. The Morgan fingerprint density at radius 2 is 1.47 bits per heavy atom. The van der Waals surface area contributed by atoms with E-state index in [-0.39, 0.29) is 12.3 Å².